The second kappa shape index (κ2) is 7.27. The fourth-order valence-electron chi connectivity index (χ4n) is 1.82. The third-order valence-electron chi connectivity index (χ3n) is 2.92. The zero-order chi connectivity index (χ0) is 15.1. The molecule has 1 amide bonds. The maximum absolute atomic E-state index is 12.0. The lowest BCUT2D eigenvalue weighted by atomic mass is 10.0. The molecule has 0 radical (unpaired) electrons. The van der Waals surface area contributed by atoms with Crippen LogP contribution in [0.1, 0.15) is 33.7 Å². The molecule has 0 aliphatic rings. The van der Waals surface area contributed by atoms with Gasteiger partial charge in [0.15, 0.2) is 0 Å². The molecular weight excluding hydrogens is 266 g/mol. The van der Waals surface area contributed by atoms with Gasteiger partial charge in [-0.2, -0.15) is 0 Å². The summed E-state index contributed by atoms with van der Waals surface area (Å²) in [6.45, 7) is 2.33. The van der Waals surface area contributed by atoms with E-state index in [1.165, 1.54) is 0 Å². The summed E-state index contributed by atoms with van der Waals surface area (Å²) in [5.41, 5.74) is 2.39. The quantitative estimate of drug-likeness (QED) is 0.742. The van der Waals surface area contributed by atoms with E-state index in [4.69, 9.17) is 5.11 Å². The molecule has 0 atom stereocenters. The van der Waals surface area contributed by atoms with Gasteiger partial charge in [-0.15, -0.1) is 0 Å². The van der Waals surface area contributed by atoms with Crippen LogP contribution in [0.15, 0.2) is 30.6 Å². The number of nitrogens with one attached hydrogen (secondary N) is 2. The summed E-state index contributed by atoms with van der Waals surface area (Å²) in [6.07, 6.45) is 3.81. The Bertz CT molecular complexity index is 667. The monoisotopic (exact) mass is 283 g/mol. The average molecular weight is 283 g/mol. The predicted molar refractivity (Wildman–Crippen MR) is 79.5 cm³/mol. The van der Waals surface area contributed by atoms with Crippen molar-refractivity contribution >= 4 is 5.91 Å². The Morgan fingerprint density at radius 2 is 2.33 bits per heavy atom. The molecule has 0 aliphatic carbocycles. The SMILES string of the molecule is Cc1cc(C(=O)NCc2ncc[nH]2)ccc1C#CCCO. The maximum Gasteiger partial charge on any atom is 0.251 e. The molecule has 0 bridgehead atoms. The molecule has 0 unspecified atom stereocenters. The number of hydrogen-bond acceptors (Lipinski definition) is 3. The van der Waals surface area contributed by atoms with Crippen LogP contribution in [-0.2, 0) is 6.54 Å². The maximum atomic E-state index is 12.0. The molecule has 2 aromatic rings. The fourth-order valence-corrected chi connectivity index (χ4v) is 1.82. The van der Waals surface area contributed by atoms with E-state index in [2.05, 4.69) is 27.1 Å². The number of aliphatic hydroxyl groups is 1. The van der Waals surface area contributed by atoms with Gasteiger partial charge in [-0.05, 0) is 30.7 Å². The fraction of sp³-hybridized carbons (Fsp3) is 0.250. The number of carbonyl (C=O) groups is 1. The van der Waals surface area contributed by atoms with Gasteiger partial charge in [-0.3, -0.25) is 4.79 Å². The number of imidazole rings is 1. The number of amides is 1. The van der Waals surface area contributed by atoms with E-state index in [0.29, 0.717) is 24.4 Å². The van der Waals surface area contributed by atoms with Crippen LogP contribution in [0, 0.1) is 18.8 Å². The molecule has 21 heavy (non-hydrogen) atoms. The minimum Gasteiger partial charge on any atom is -0.395 e. The standard InChI is InChI=1S/C16H17N3O2/c1-12-10-14(6-5-13(12)4-2-3-9-20)16(21)19-11-15-17-7-8-18-15/h5-8,10,20H,3,9,11H2,1H3,(H,17,18)(H,19,21). The van der Waals surface area contributed by atoms with Crippen LogP contribution < -0.4 is 5.32 Å². The summed E-state index contributed by atoms with van der Waals surface area (Å²) in [6, 6.07) is 5.37. The van der Waals surface area contributed by atoms with Crippen LogP contribution in [-0.4, -0.2) is 27.6 Å². The van der Waals surface area contributed by atoms with Crippen LogP contribution in [0.3, 0.4) is 0 Å². The van der Waals surface area contributed by atoms with Gasteiger partial charge >= 0.3 is 0 Å². The van der Waals surface area contributed by atoms with E-state index in [1.54, 1.807) is 24.5 Å². The van der Waals surface area contributed by atoms with Crippen LogP contribution in [0.4, 0.5) is 0 Å². The summed E-state index contributed by atoms with van der Waals surface area (Å²) in [5.74, 6) is 6.41. The van der Waals surface area contributed by atoms with Crippen molar-refractivity contribution in [2.24, 2.45) is 0 Å². The summed E-state index contributed by atoms with van der Waals surface area (Å²) in [4.78, 5) is 19.0. The average Bonchev–Trinajstić information content (AvgIpc) is 3.00. The second-order valence-electron chi connectivity index (χ2n) is 4.52. The highest BCUT2D eigenvalue weighted by atomic mass is 16.2. The molecule has 0 fully saturated rings. The van der Waals surface area contributed by atoms with Crippen molar-refractivity contribution in [1.82, 2.24) is 15.3 Å². The predicted octanol–water partition coefficient (Wildman–Crippen LogP) is 1.38. The lowest BCUT2D eigenvalue weighted by Crippen LogP contribution is -2.23. The Hall–Kier alpha value is -2.58. The summed E-state index contributed by atoms with van der Waals surface area (Å²) in [5, 5.41) is 11.5. The molecule has 108 valence electrons. The molecule has 1 heterocycles. The molecule has 5 nitrogen and oxygen atoms in total. The Kier molecular flexibility index (Phi) is 5.13. The Morgan fingerprint density at radius 3 is 3.00 bits per heavy atom. The smallest absolute Gasteiger partial charge is 0.251 e. The van der Waals surface area contributed by atoms with Crippen LogP contribution in [0.5, 0.6) is 0 Å². The molecule has 0 saturated heterocycles. The first-order valence-electron chi connectivity index (χ1n) is 6.67. The number of aromatic nitrogens is 2. The number of rotatable bonds is 4. The zero-order valence-electron chi connectivity index (χ0n) is 11.8. The van der Waals surface area contributed by atoms with E-state index in [-0.39, 0.29) is 12.5 Å². The van der Waals surface area contributed by atoms with Crippen LogP contribution >= 0.6 is 0 Å². The summed E-state index contributed by atoms with van der Waals surface area (Å²) in [7, 11) is 0. The molecule has 0 spiro atoms. The number of aryl methyl sites for hydroxylation is 1. The van der Waals surface area contributed by atoms with Crippen LogP contribution in [0.25, 0.3) is 0 Å². The van der Waals surface area contributed by atoms with E-state index >= 15 is 0 Å². The summed E-state index contributed by atoms with van der Waals surface area (Å²) >= 11 is 0. The third-order valence-corrected chi connectivity index (χ3v) is 2.92. The highest BCUT2D eigenvalue weighted by Gasteiger charge is 2.07. The molecule has 3 N–H and O–H groups in total. The highest BCUT2D eigenvalue weighted by molar-refractivity contribution is 5.94. The van der Waals surface area contributed by atoms with E-state index in [9.17, 15) is 4.79 Å². The number of benzene rings is 1. The highest BCUT2D eigenvalue weighted by Crippen LogP contribution is 2.10. The van der Waals surface area contributed by atoms with E-state index in [1.807, 2.05) is 13.0 Å². The van der Waals surface area contributed by atoms with Crippen molar-refractivity contribution in [3.63, 3.8) is 0 Å². The van der Waals surface area contributed by atoms with Gasteiger partial charge in [0.25, 0.3) is 5.91 Å². The van der Waals surface area contributed by atoms with Crippen molar-refractivity contribution in [1.29, 1.82) is 0 Å². The number of hydrogen-bond donors (Lipinski definition) is 3. The van der Waals surface area contributed by atoms with E-state index < -0.39 is 0 Å². The number of aliphatic hydroxyl groups excluding tert-OH is 1. The van der Waals surface area contributed by atoms with E-state index in [0.717, 1.165) is 11.1 Å². The third kappa shape index (κ3) is 4.20. The van der Waals surface area contributed by atoms with Gasteiger partial charge in [0.05, 0.1) is 13.2 Å². The minimum absolute atomic E-state index is 0.0549. The first-order chi connectivity index (χ1) is 10.2. The first-order valence-corrected chi connectivity index (χ1v) is 6.67. The van der Waals surface area contributed by atoms with Gasteiger partial charge in [-0.25, -0.2) is 4.98 Å². The number of H-pyrrole nitrogens is 1. The Balaban J connectivity index is 2.02. The molecule has 2 rings (SSSR count). The number of nitrogens with zero attached hydrogens (tertiary/aromatic N) is 1. The van der Waals surface area contributed by atoms with Gasteiger partial charge < -0.3 is 15.4 Å². The second-order valence-corrected chi connectivity index (χ2v) is 4.52. The van der Waals surface area contributed by atoms with Gasteiger partial charge in [0, 0.05) is 29.9 Å². The van der Waals surface area contributed by atoms with Gasteiger partial charge in [0.2, 0.25) is 0 Å². The summed E-state index contributed by atoms with van der Waals surface area (Å²) < 4.78 is 0. The zero-order valence-corrected chi connectivity index (χ0v) is 11.8. The lowest BCUT2D eigenvalue weighted by molar-refractivity contribution is 0.0950. The van der Waals surface area contributed by atoms with Gasteiger partial charge in [0.1, 0.15) is 5.82 Å². The first kappa shape index (κ1) is 14.8. The number of aromatic amines is 1. The number of carbonyl (C=O) groups excluding carboxylic acids is 1. The Labute approximate surface area is 123 Å². The molecule has 5 heteroatoms. The van der Waals surface area contributed by atoms with Crippen molar-refractivity contribution in [2.45, 2.75) is 19.9 Å². The van der Waals surface area contributed by atoms with Crippen molar-refractivity contribution in [3.05, 3.63) is 53.1 Å². The van der Waals surface area contributed by atoms with Crippen molar-refractivity contribution < 1.29 is 9.90 Å². The van der Waals surface area contributed by atoms with Crippen molar-refractivity contribution in [2.75, 3.05) is 6.61 Å². The molecule has 1 aromatic carbocycles. The molecular formula is C16H17N3O2. The molecule has 0 aliphatic heterocycles. The lowest BCUT2D eigenvalue weighted by Gasteiger charge is -2.05. The molecule has 1 aromatic heterocycles. The normalized spacial score (nSPS) is 9.81. The van der Waals surface area contributed by atoms with Gasteiger partial charge in [-0.1, -0.05) is 11.8 Å². The topological polar surface area (TPSA) is 78.0 Å². The Morgan fingerprint density at radius 1 is 1.48 bits per heavy atom. The van der Waals surface area contributed by atoms with Crippen molar-refractivity contribution in [3.8, 4) is 11.8 Å². The largest absolute Gasteiger partial charge is 0.395 e. The minimum atomic E-state index is -0.149. The van der Waals surface area contributed by atoms with Crippen LogP contribution in [0.2, 0.25) is 0 Å². The molecule has 0 saturated carbocycles.